The van der Waals surface area contributed by atoms with Crippen molar-refractivity contribution >= 4 is 15.9 Å². The largest absolute Gasteiger partial charge is 0.468 e. The number of sulfonamides is 1. The molecule has 2 N–H and O–H groups in total. The first-order valence-corrected chi connectivity index (χ1v) is 11.9. The van der Waals surface area contributed by atoms with Crippen molar-refractivity contribution in [2.45, 2.75) is 38.1 Å². The van der Waals surface area contributed by atoms with Gasteiger partial charge in [-0.25, -0.2) is 13.1 Å². The zero-order valence-corrected chi connectivity index (χ0v) is 18.5. The molecule has 1 aliphatic rings. The van der Waals surface area contributed by atoms with Gasteiger partial charge in [0.15, 0.2) is 0 Å². The number of furan rings is 1. The van der Waals surface area contributed by atoms with Crippen LogP contribution in [-0.4, -0.2) is 45.4 Å². The highest BCUT2D eigenvalue weighted by atomic mass is 32.2. The SMILES string of the molecule is CC1CC(C)CN(CCCNC(=O)c2ccc(S(=O)(=O)NCc3ccco3)cc2)C1. The molecule has 8 heteroatoms. The zero-order valence-electron chi connectivity index (χ0n) is 17.6. The minimum absolute atomic E-state index is 0.0755. The Labute approximate surface area is 178 Å². The van der Waals surface area contributed by atoms with Crippen molar-refractivity contribution < 1.29 is 17.6 Å². The van der Waals surface area contributed by atoms with Gasteiger partial charge >= 0.3 is 0 Å². The van der Waals surface area contributed by atoms with Gasteiger partial charge in [-0.3, -0.25) is 4.79 Å². The Morgan fingerprint density at radius 1 is 1.13 bits per heavy atom. The lowest BCUT2D eigenvalue weighted by Gasteiger charge is -2.34. The van der Waals surface area contributed by atoms with Gasteiger partial charge in [-0.2, -0.15) is 0 Å². The third kappa shape index (κ3) is 6.42. The first-order valence-electron chi connectivity index (χ1n) is 10.5. The first kappa shape index (κ1) is 22.5. The molecule has 3 rings (SSSR count). The van der Waals surface area contributed by atoms with E-state index in [4.69, 9.17) is 4.42 Å². The van der Waals surface area contributed by atoms with Crippen molar-refractivity contribution in [3.8, 4) is 0 Å². The van der Waals surface area contributed by atoms with Gasteiger partial charge in [0, 0.05) is 25.2 Å². The number of piperidine rings is 1. The zero-order chi connectivity index (χ0) is 21.6. The third-order valence-electron chi connectivity index (χ3n) is 5.32. The second kappa shape index (κ2) is 10.2. The molecule has 7 nitrogen and oxygen atoms in total. The molecular formula is C22H31N3O4S. The Hall–Kier alpha value is -2.16. The number of hydrogen-bond acceptors (Lipinski definition) is 5. The van der Waals surface area contributed by atoms with Crippen molar-refractivity contribution in [3.63, 3.8) is 0 Å². The summed E-state index contributed by atoms with van der Waals surface area (Å²) < 4.78 is 32.3. The highest BCUT2D eigenvalue weighted by Gasteiger charge is 2.21. The molecule has 164 valence electrons. The molecular weight excluding hydrogens is 402 g/mol. The van der Waals surface area contributed by atoms with Gasteiger partial charge < -0.3 is 14.6 Å². The summed E-state index contributed by atoms with van der Waals surface area (Å²) in [6, 6.07) is 9.34. The molecule has 1 aromatic heterocycles. The van der Waals surface area contributed by atoms with Crippen molar-refractivity contribution in [2.75, 3.05) is 26.2 Å². The molecule has 0 radical (unpaired) electrons. The van der Waals surface area contributed by atoms with Crippen LogP contribution in [0.1, 0.15) is 42.8 Å². The van der Waals surface area contributed by atoms with Crippen molar-refractivity contribution in [1.82, 2.24) is 14.9 Å². The summed E-state index contributed by atoms with van der Waals surface area (Å²) in [4.78, 5) is 14.9. The highest BCUT2D eigenvalue weighted by molar-refractivity contribution is 7.89. The predicted octanol–water partition coefficient (Wildman–Crippen LogP) is 2.86. The highest BCUT2D eigenvalue weighted by Crippen LogP contribution is 2.20. The Morgan fingerprint density at radius 3 is 2.47 bits per heavy atom. The minimum Gasteiger partial charge on any atom is -0.468 e. The topological polar surface area (TPSA) is 91.7 Å². The van der Waals surface area contributed by atoms with E-state index in [1.165, 1.54) is 36.9 Å². The maximum absolute atomic E-state index is 12.4. The van der Waals surface area contributed by atoms with E-state index < -0.39 is 10.0 Å². The fraction of sp³-hybridized carbons (Fsp3) is 0.500. The van der Waals surface area contributed by atoms with Gasteiger partial charge in [0.05, 0.1) is 17.7 Å². The number of nitrogens with one attached hydrogen (secondary N) is 2. The van der Waals surface area contributed by atoms with E-state index in [1.54, 1.807) is 12.1 Å². The maximum atomic E-state index is 12.4. The Bertz CT molecular complexity index is 900. The second-order valence-electron chi connectivity index (χ2n) is 8.24. The van der Waals surface area contributed by atoms with E-state index in [1.807, 2.05) is 0 Å². The van der Waals surface area contributed by atoms with Crippen LogP contribution < -0.4 is 10.0 Å². The number of hydrogen-bond donors (Lipinski definition) is 2. The summed E-state index contributed by atoms with van der Waals surface area (Å²) in [5, 5.41) is 2.92. The molecule has 2 heterocycles. The molecule has 1 amide bonds. The van der Waals surface area contributed by atoms with E-state index in [2.05, 4.69) is 28.8 Å². The lowest BCUT2D eigenvalue weighted by Crippen LogP contribution is -2.40. The molecule has 2 aromatic rings. The Morgan fingerprint density at radius 2 is 1.83 bits per heavy atom. The normalized spacial score (nSPS) is 20.2. The average molecular weight is 434 g/mol. The number of nitrogens with zero attached hydrogens (tertiary/aromatic N) is 1. The van der Waals surface area contributed by atoms with Crippen LogP contribution in [0.3, 0.4) is 0 Å². The fourth-order valence-corrected chi connectivity index (χ4v) is 5.02. The predicted molar refractivity (Wildman–Crippen MR) is 116 cm³/mol. The van der Waals surface area contributed by atoms with Gasteiger partial charge in [0.25, 0.3) is 5.91 Å². The number of rotatable bonds is 9. The lowest BCUT2D eigenvalue weighted by atomic mass is 9.92. The molecule has 1 aliphatic heterocycles. The van der Waals surface area contributed by atoms with E-state index >= 15 is 0 Å². The smallest absolute Gasteiger partial charge is 0.251 e. The number of amides is 1. The van der Waals surface area contributed by atoms with Crippen LogP contribution in [0, 0.1) is 11.8 Å². The molecule has 30 heavy (non-hydrogen) atoms. The monoisotopic (exact) mass is 433 g/mol. The summed E-state index contributed by atoms with van der Waals surface area (Å²) >= 11 is 0. The summed E-state index contributed by atoms with van der Waals surface area (Å²) in [5.41, 5.74) is 0.445. The van der Waals surface area contributed by atoms with Gasteiger partial charge in [-0.15, -0.1) is 0 Å². The minimum atomic E-state index is -3.67. The molecule has 0 bridgehead atoms. The molecule has 1 aromatic carbocycles. The molecule has 2 unspecified atom stereocenters. The number of likely N-dealkylation sites (tertiary alicyclic amines) is 1. The fourth-order valence-electron chi connectivity index (χ4n) is 4.03. The van der Waals surface area contributed by atoms with E-state index in [0.717, 1.165) is 37.9 Å². The van der Waals surface area contributed by atoms with Crippen LogP contribution in [0.2, 0.25) is 0 Å². The van der Waals surface area contributed by atoms with E-state index in [9.17, 15) is 13.2 Å². The molecule has 0 saturated carbocycles. The van der Waals surface area contributed by atoms with Crippen molar-refractivity contribution in [2.24, 2.45) is 11.8 Å². The standard InChI is InChI=1S/C22H31N3O4S/c1-17-13-18(2)16-25(15-17)11-4-10-23-22(26)19-6-8-21(9-7-19)30(27,28)24-14-20-5-3-12-29-20/h3,5-9,12,17-18,24H,4,10-11,13-16H2,1-2H3,(H,23,26). The quantitative estimate of drug-likeness (QED) is 0.594. The second-order valence-corrected chi connectivity index (χ2v) is 10.0. The van der Waals surface area contributed by atoms with Crippen molar-refractivity contribution in [1.29, 1.82) is 0 Å². The van der Waals surface area contributed by atoms with Crippen molar-refractivity contribution in [3.05, 3.63) is 54.0 Å². The van der Waals surface area contributed by atoms with Gasteiger partial charge in [-0.1, -0.05) is 13.8 Å². The number of carbonyl (C=O) groups is 1. The van der Waals surface area contributed by atoms with E-state index in [0.29, 0.717) is 17.9 Å². The molecule has 0 aliphatic carbocycles. The first-order chi connectivity index (χ1) is 14.3. The molecule has 1 saturated heterocycles. The van der Waals surface area contributed by atoms with Crippen LogP contribution in [0.4, 0.5) is 0 Å². The summed E-state index contributed by atoms with van der Waals surface area (Å²) in [6.45, 7) is 8.49. The average Bonchev–Trinajstić information content (AvgIpc) is 3.23. The van der Waals surface area contributed by atoms with Crippen LogP contribution in [0.15, 0.2) is 52.0 Å². The summed E-state index contributed by atoms with van der Waals surface area (Å²) in [6.07, 6.45) is 3.68. The Balaban J connectivity index is 1.44. The van der Waals surface area contributed by atoms with Gasteiger partial charge in [-0.05, 0) is 67.6 Å². The molecule has 2 atom stereocenters. The van der Waals surface area contributed by atoms with Crippen LogP contribution in [0.5, 0.6) is 0 Å². The third-order valence-corrected chi connectivity index (χ3v) is 6.74. The summed E-state index contributed by atoms with van der Waals surface area (Å²) in [5.74, 6) is 1.80. The van der Waals surface area contributed by atoms with Crippen LogP contribution in [0.25, 0.3) is 0 Å². The molecule has 1 fully saturated rings. The Kier molecular flexibility index (Phi) is 7.69. The maximum Gasteiger partial charge on any atom is 0.251 e. The number of carbonyl (C=O) groups excluding carboxylic acids is 1. The lowest BCUT2D eigenvalue weighted by molar-refractivity contribution is 0.0947. The van der Waals surface area contributed by atoms with E-state index in [-0.39, 0.29) is 17.3 Å². The van der Waals surface area contributed by atoms with Crippen LogP contribution in [-0.2, 0) is 16.6 Å². The summed E-state index contributed by atoms with van der Waals surface area (Å²) in [7, 11) is -3.67. The number of benzene rings is 1. The van der Waals surface area contributed by atoms with Gasteiger partial charge in [0.1, 0.15) is 5.76 Å². The van der Waals surface area contributed by atoms with Crippen LogP contribution >= 0.6 is 0 Å². The van der Waals surface area contributed by atoms with Gasteiger partial charge in [0.2, 0.25) is 10.0 Å². The molecule has 0 spiro atoms.